The summed E-state index contributed by atoms with van der Waals surface area (Å²) in [5, 5.41) is 0. The molecule has 17 heavy (non-hydrogen) atoms. The molecule has 96 valence electrons. The summed E-state index contributed by atoms with van der Waals surface area (Å²) in [6.45, 7) is 6.44. The Morgan fingerprint density at radius 3 is 2.35 bits per heavy atom. The number of hydrogen-bond acceptors (Lipinski definition) is 2. The molecule has 0 amide bonds. The highest BCUT2D eigenvalue weighted by Gasteiger charge is 2.29. The van der Waals surface area contributed by atoms with Gasteiger partial charge in [0.15, 0.2) is 0 Å². The average Bonchev–Trinajstić information content (AvgIpc) is 2.30. The second-order valence-electron chi connectivity index (χ2n) is 5.09. The molecule has 3 heteroatoms. The van der Waals surface area contributed by atoms with E-state index in [1.807, 2.05) is 12.1 Å². The van der Waals surface area contributed by atoms with Crippen molar-refractivity contribution in [1.82, 2.24) is 5.43 Å². The monoisotopic (exact) mass is 238 g/mol. The molecule has 0 spiro atoms. The number of hydrazine groups is 1. The van der Waals surface area contributed by atoms with Gasteiger partial charge in [0.25, 0.3) is 0 Å². The summed E-state index contributed by atoms with van der Waals surface area (Å²) in [6.07, 6.45) is 3.31. The molecule has 0 saturated heterocycles. The largest absolute Gasteiger partial charge is 0.271 e. The minimum atomic E-state index is -0.199. The highest BCUT2D eigenvalue weighted by atomic mass is 19.1. The molecule has 0 radical (unpaired) electrons. The Bertz CT molecular complexity index is 333. The Balaban J connectivity index is 2.86. The number of benzene rings is 1. The van der Waals surface area contributed by atoms with Crippen LogP contribution in [0.2, 0.25) is 0 Å². The first-order valence-electron chi connectivity index (χ1n) is 6.24. The number of nitrogens with two attached hydrogens (primary N) is 1. The van der Waals surface area contributed by atoms with Gasteiger partial charge in [-0.2, -0.15) is 0 Å². The van der Waals surface area contributed by atoms with Gasteiger partial charge in [-0.3, -0.25) is 11.3 Å². The Hall–Kier alpha value is -0.930. The zero-order valence-electron chi connectivity index (χ0n) is 11.0. The second kappa shape index (κ2) is 6.12. The number of nitrogens with one attached hydrogen (secondary N) is 1. The number of rotatable bonds is 6. The van der Waals surface area contributed by atoms with Crippen LogP contribution in [0.5, 0.6) is 0 Å². The van der Waals surface area contributed by atoms with Crippen molar-refractivity contribution in [2.75, 3.05) is 0 Å². The molecule has 0 bridgehead atoms. The van der Waals surface area contributed by atoms with Crippen LogP contribution in [-0.2, 0) is 5.41 Å². The van der Waals surface area contributed by atoms with Gasteiger partial charge in [-0.15, -0.1) is 0 Å². The van der Waals surface area contributed by atoms with Crippen LogP contribution < -0.4 is 11.3 Å². The molecular weight excluding hydrogens is 215 g/mol. The third-order valence-corrected chi connectivity index (χ3v) is 3.51. The Labute approximate surface area is 103 Å². The van der Waals surface area contributed by atoms with E-state index in [9.17, 15) is 4.39 Å². The maximum Gasteiger partial charge on any atom is 0.123 e. The molecule has 1 rings (SSSR count). The van der Waals surface area contributed by atoms with Crippen LogP contribution in [0.1, 0.15) is 45.6 Å². The molecule has 0 heterocycles. The standard InChI is InChI=1S/C14H23FN2/c1-4-5-6-13(17-16)14(2,3)11-7-9-12(15)10-8-11/h7-10,13,17H,4-6,16H2,1-3H3. The van der Waals surface area contributed by atoms with Crippen molar-refractivity contribution in [3.05, 3.63) is 35.6 Å². The van der Waals surface area contributed by atoms with Gasteiger partial charge in [0.05, 0.1) is 0 Å². The van der Waals surface area contributed by atoms with Crippen LogP contribution in [0.3, 0.4) is 0 Å². The minimum absolute atomic E-state index is 0.0996. The second-order valence-corrected chi connectivity index (χ2v) is 5.09. The number of hydrogen-bond donors (Lipinski definition) is 2. The van der Waals surface area contributed by atoms with E-state index < -0.39 is 0 Å². The predicted molar refractivity (Wildman–Crippen MR) is 70.1 cm³/mol. The molecule has 3 N–H and O–H groups in total. The van der Waals surface area contributed by atoms with Gasteiger partial charge < -0.3 is 0 Å². The van der Waals surface area contributed by atoms with Gasteiger partial charge in [0, 0.05) is 11.5 Å². The molecule has 0 aliphatic rings. The SMILES string of the molecule is CCCCC(NN)C(C)(C)c1ccc(F)cc1. The van der Waals surface area contributed by atoms with E-state index in [0.29, 0.717) is 0 Å². The van der Waals surface area contributed by atoms with Gasteiger partial charge in [0.1, 0.15) is 5.82 Å². The molecule has 1 aromatic rings. The topological polar surface area (TPSA) is 38.0 Å². The molecule has 2 nitrogen and oxygen atoms in total. The Morgan fingerprint density at radius 2 is 1.88 bits per heavy atom. The molecule has 0 aliphatic heterocycles. The zero-order valence-corrected chi connectivity index (χ0v) is 11.0. The maximum absolute atomic E-state index is 12.9. The van der Waals surface area contributed by atoms with Crippen molar-refractivity contribution < 1.29 is 4.39 Å². The number of halogens is 1. The summed E-state index contributed by atoms with van der Waals surface area (Å²) in [7, 11) is 0. The molecular formula is C14H23FN2. The highest BCUT2D eigenvalue weighted by molar-refractivity contribution is 5.26. The minimum Gasteiger partial charge on any atom is -0.271 e. The first-order chi connectivity index (χ1) is 8.02. The van der Waals surface area contributed by atoms with E-state index in [4.69, 9.17) is 5.84 Å². The van der Waals surface area contributed by atoms with Gasteiger partial charge in [-0.25, -0.2) is 4.39 Å². The number of unbranched alkanes of at least 4 members (excludes halogenated alkanes) is 1. The van der Waals surface area contributed by atoms with Gasteiger partial charge in [-0.05, 0) is 24.1 Å². The Kier molecular flexibility index (Phi) is 5.09. The molecule has 1 unspecified atom stereocenters. The summed E-state index contributed by atoms with van der Waals surface area (Å²) in [5.74, 6) is 5.44. The van der Waals surface area contributed by atoms with Crippen molar-refractivity contribution >= 4 is 0 Å². The van der Waals surface area contributed by atoms with E-state index in [0.717, 1.165) is 24.8 Å². The van der Waals surface area contributed by atoms with Crippen molar-refractivity contribution in [2.24, 2.45) is 5.84 Å². The zero-order chi connectivity index (χ0) is 12.9. The predicted octanol–water partition coefficient (Wildman–Crippen LogP) is 3.13. The fourth-order valence-electron chi connectivity index (χ4n) is 2.14. The fraction of sp³-hybridized carbons (Fsp3) is 0.571. The summed E-state index contributed by atoms with van der Waals surface area (Å²) in [5.41, 5.74) is 3.91. The Morgan fingerprint density at radius 1 is 1.29 bits per heavy atom. The lowest BCUT2D eigenvalue weighted by Gasteiger charge is -2.34. The van der Waals surface area contributed by atoms with Crippen molar-refractivity contribution in [2.45, 2.75) is 51.5 Å². The van der Waals surface area contributed by atoms with Crippen LogP contribution in [0, 0.1) is 5.82 Å². The molecule has 0 fully saturated rings. The summed E-state index contributed by atoms with van der Waals surface area (Å²) in [4.78, 5) is 0. The smallest absolute Gasteiger partial charge is 0.123 e. The van der Waals surface area contributed by atoms with Crippen LogP contribution in [0.4, 0.5) is 4.39 Å². The third-order valence-electron chi connectivity index (χ3n) is 3.51. The summed E-state index contributed by atoms with van der Waals surface area (Å²) >= 11 is 0. The lowest BCUT2D eigenvalue weighted by atomic mass is 9.76. The summed E-state index contributed by atoms with van der Waals surface area (Å²) in [6, 6.07) is 6.89. The van der Waals surface area contributed by atoms with Crippen LogP contribution in [0.25, 0.3) is 0 Å². The van der Waals surface area contributed by atoms with Crippen LogP contribution >= 0.6 is 0 Å². The average molecular weight is 238 g/mol. The lowest BCUT2D eigenvalue weighted by Crippen LogP contribution is -2.48. The summed E-state index contributed by atoms with van der Waals surface area (Å²) < 4.78 is 12.9. The van der Waals surface area contributed by atoms with Crippen molar-refractivity contribution in [3.63, 3.8) is 0 Å². The molecule has 0 aliphatic carbocycles. The fourth-order valence-corrected chi connectivity index (χ4v) is 2.14. The normalized spacial score (nSPS) is 13.7. The van der Waals surface area contributed by atoms with E-state index in [2.05, 4.69) is 26.2 Å². The van der Waals surface area contributed by atoms with Gasteiger partial charge >= 0.3 is 0 Å². The van der Waals surface area contributed by atoms with Crippen LogP contribution in [-0.4, -0.2) is 6.04 Å². The first kappa shape index (κ1) is 14.1. The molecule has 1 aromatic carbocycles. The van der Waals surface area contributed by atoms with E-state index in [1.54, 1.807) is 0 Å². The van der Waals surface area contributed by atoms with Crippen LogP contribution in [0.15, 0.2) is 24.3 Å². The van der Waals surface area contributed by atoms with E-state index >= 15 is 0 Å². The van der Waals surface area contributed by atoms with E-state index in [1.165, 1.54) is 12.1 Å². The van der Waals surface area contributed by atoms with E-state index in [-0.39, 0.29) is 17.3 Å². The quantitative estimate of drug-likeness (QED) is 0.590. The van der Waals surface area contributed by atoms with Crippen molar-refractivity contribution in [1.29, 1.82) is 0 Å². The highest BCUT2D eigenvalue weighted by Crippen LogP contribution is 2.29. The lowest BCUT2D eigenvalue weighted by molar-refractivity contribution is 0.319. The molecule has 1 atom stereocenters. The van der Waals surface area contributed by atoms with Gasteiger partial charge in [-0.1, -0.05) is 45.7 Å². The van der Waals surface area contributed by atoms with Crippen molar-refractivity contribution in [3.8, 4) is 0 Å². The first-order valence-corrected chi connectivity index (χ1v) is 6.24. The maximum atomic E-state index is 12.9. The third kappa shape index (κ3) is 3.51. The molecule has 0 aromatic heterocycles. The van der Waals surface area contributed by atoms with Gasteiger partial charge in [0.2, 0.25) is 0 Å². The molecule has 0 saturated carbocycles.